The molecule has 0 aromatic carbocycles. The lowest BCUT2D eigenvalue weighted by Crippen LogP contribution is -2.74. The summed E-state index contributed by atoms with van der Waals surface area (Å²) in [5, 5.41) is 24.8. The molecule has 0 radical (unpaired) electrons. The van der Waals surface area contributed by atoms with Gasteiger partial charge in [0, 0.05) is 50.7 Å². The number of rotatable bonds is 19. The average Bonchev–Trinajstić information content (AvgIpc) is 3.46. The van der Waals surface area contributed by atoms with Gasteiger partial charge < -0.3 is 38.0 Å². The van der Waals surface area contributed by atoms with E-state index in [2.05, 4.69) is 171 Å². The molecule has 2 bridgehead atoms. The van der Waals surface area contributed by atoms with Crippen molar-refractivity contribution in [3.05, 3.63) is 11.1 Å². The highest BCUT2D eigenvalue weighted by molar-refractivity contribution is 9.25. The van der Waals surface area contributed by atoms with Gasteiger partial charge in [-0.1, -0.05) is 37.7 Å². The van der Waals surface area contributed by atoms with Crippen LogP contribution in [0.4, 0.5) is 4.79 Å². The van der Waals surface area contributed by atoms with E-state index >= 15 is 0 Å². The molecule has 1 spiro atoms. The number of carbonyl (C=O) groups excluding carboxylic acids is 1. The minimum Gasteiger partial charge on any atom is -0.426 e. The second-order valence-corrected chi connectivity index (χ2v) is 122. The third kappa shape index (κ3) is 14.5. The molecule has 3 fully saturated rings. The Kier molecular flexibility index (Phi) is 30.1. The molecule has 0 aromatic rings. The van der Waals surface area contributed by atoms with Crippen LogP contribution >= 0.6 is 243 Å². The van der Waals surface area contributed by atoms with Gasteiger partial charge in [0.15, 0.2) is 11.7 Å². The standard InChI is InChI=1S/C22H64O9P30/c1-10-11(29-49(33)60(56(42)43)61(57(44)45)58(46)47)8-22-17(27-18(24)28-22)16-20(4,13(31-50(52(34)35)53(36)37)6-14(26-5)21(16,25)9-23)7-12(15(10)19(22,2)3)30-51(54(38)39)59(48-32)55(40)41/h11-14,16-17,23,25,48H,6-9,32-47H2,1-5H3/t11-,12+,13-,14-,16-,17-,20+,21-,22+,49?,51?,59?,60?/m0/s1. The molecule has 4 rings (SSSR count). The van der Waals surface area contributed by atoms with Crippen LogP contribution in [0.3, 0.4) is 0 Å². The highest BCUT2D eigenvalue weighted by atomic mass is 33.3. The van der Waals surface area contributed by atoms with Gasteiger partial charge in [0.25, 0.3) is 0 Å². The van der Waals surface area contributed by atoms with Gasteiger partial charge in [-0.25, -0.2) is 4.79 Å². The maximum absolute atomic E-state index is 14.1. The molecule has 9 nitrogen and oxygen atoms in total. The van der Waals surface area contributed by atoms with Crippen molar-refractivity contribution in [3.63, 3.8) is 0 Å². The normalized spacial score (nSPS) is 35.2. The minimum atomic E-state index is -1.82. The van der Waals surface area contributed by atoms with Crippen molar-refractivity contribution in [2.45, 2.75) is 88.7 Å². The van der Waals surface area contributed by atoms with Crippen molar-refractivity contribution < 1.29 is 42.8 Å². The zero-order valence-corrected chi connectivity index (χ0v) is 65.2. The molecule has 4 aliphatic rings. The van der Waals surface area contributed by atoms with E-state index in [-0.39, 0.29) is 21.0 Å². The number of aliphatic hydroxyl groups excluding tert-OH is 1. The van der Waals surface area contributed by atoms with Crippen LogP contribution in [0.2, 0.25) is 0 Å². The van der Waals surface area contributed by atoms with Crippen molar-refractivity contribution in [2.75, 3.05) is 13.7 Å². The van der Waals surface area contributed by atoms with Gasteiger partial charge in [-0.3, -0.25) is 0 Å². The molecule has 1 saturated heterocycles. The second-order valence-electron chi connectivity index (χ2n) is 15.2. The van der Waals surface area contributed by atoms with E-state index in [1.165, 1.54) is 0 Å². The van der Waals surface area contributed by atoms with Crippen LogP contribution in [0.15, 0.2) is 11.1 Å². The molecule has 356 valence electrons. The SMILES string of the molecule is CO[C@H]1C[C@H](OP(P(P)P)P(P)P)[C@@]2(C)C[C@@H](OP(P(P)P)P(PP)P(P)P)C3=C(C)[C@@H](OP(P)P(P(P)P)P(P(P)P)P(P)P)C[C@]4(OC(=O)O[C@H]4[C@@H]2[C@]1(O)CO)C3(C)C. The minimum absolute atomic E-state index is 0.331. The van der Waals surface area contributed by atoms with Crippen LogP contribution in [0, 0.1) is 16.7 Å². The van der Waals surface area contributed by atoms with E-state index in [0.29, 0.717) is 27.2 Å². The quantitative estimate of drug-likeness (QED) is 0.0742. The maximum atomic E-state index is 14.1. The fourth-order valence-corrected chi connectivity index (χ4v) is 238. The lowest BCUT2D eigenvalue weighted by molar-refractivity contribution is -0.273. The molecule has 0 amide bonds. The number of hydrogen-bond acceptors (Lipinski definition) is 9. The van der Waals surface area contributed by atoms with Gasteiger partial charge in [0.1, 0.15) is 5.60 Å². The fourth-order valence-electron chi connectivity index (χ4n) is 9.13. The predicted octanol–water partition coefficient (Wildman–Crippen LogP) is 18.7. The Labute approximate surface area is 418 Å². The van der Waals surface area contributed by atoms with Gasteiger partial charge in [0.05, 0.1) is 53.6 Å². The summed E-state index contributed by atoms with van der Waals surface area (Å²) in [6.45, 7) is 3.18. The largest absolute Gasteiger partial charge is 0.509 e. The Morgan fingerprint density at radius 2 is 1.28 bits per heavy atom. The van der Waals surface area contributed by atoms with E-state index < -0.39 is 143 Å². The molecule has 2 N–H and O–H groups in total. The van der Waals surface area contributed by atoms with Gasteiger partial charge in [-0.05, 0) is 80.4 Å². The van der Waals surface area contributed by atoms with E-state index in [0.717, 1.165) is 11.1 Å². The van der Waals surface area contributed by atoms with E-state index in [4.69, 9.17) is 27.8 Å². The van der Waals surface area contributed by atoms with Crippen LogP contribution in [-0.4, -0.2) is 71.8 Å². The van der Waals surface area contributed by atoms with Crippen LogP contribution in [0.25, 0.3) is 0 Å². The lowest BCUT2D eigenvalue weighted by atomic mass is 9.46. The summed E-state index contributed by atoms with van der Waals surface area (Å²) in [7, 11) is 48.6. The third-order valence-corrected chi connectivity index (χ3v) is 155. The molecule has 3 aliphatic carbocycles. The molecular weight excluding hydrogens is 1340 g/mol. The first-order valence-electron chi connectivity index (χ1n) is 17.7. The molecule has 30 atom stereocenters. The summed E-state index contributed by atoms with van der Waals surface area (Å²) in [6, 6.07) is 0. The van der Waals surface area contributed by atoms with Gasteiger partial charge in [-0.2, -0.15) is 0 Å². The zero-order valence-electron chi connectivity index (χ0n) is 34.1. The van der Waals surface area contributed by atoms with Gasteiger partial charge >= 0.3 is 6.16 Å². The van der Waals surface area contributed by atoms with Crippen LogP contribution in [-0.2, 0) is 27.8 Å². The number of fused-ring (bicyclic) bond motifs is 3. The summed E-state index contributed by atoms with van der Waals surface area (Å²) in [5.41, 5.74) is -2.63. The van der Waals surface area contributed by atoms with Crippen molar-refractivity contribution >= 4 is 249 Å². The van der Waals surface area contributed by atoms with Crippen LogP contribution in [0.1, 0.15) is 47.0 Å². The first kappa shape index (κ1) is 65.2. The number of ether oxygens (including phenoxy) is 3. The summed E-state index contributed by atoms with van der Waals surface area (Å²) >= 11 is 0. The first-order chi connectivity index (χ1) is 28.1. The third-order valence-electron chi connectivity index (χ3n) is 11.6. The Morgan fingerprint density at radius 1 is 0.738 bits per heavy atom. The van der Waals surface area contributed by atoms with E-state index in [1.807, 2.05) is 0 Å². The number of hydrogen-bond donors (Lipinski definition) is 2. The van der Waals surface area contributed by atoms with E-state index in [1.54, 1.807) is 7.11 Å². The van der Waals surface area contributed by atoms with Gasteiger partial charge in [0.2, 0.25) is 0 Å². The van der Waals surface area contributed by atoms with Crippen molar-refractivity contribution in [3.8, 4) is 0 Å². The summed E-state index contributed by atoms with van der Waals surface area (Å²) in [4.78, 5) is 14.1. The summed E-state index contributed by atoms with van der Waals surface area (Å²) in [6.07, 6.45) is -2.73. The molecule has 61 heavy (non-hydrogen) atoms. The van der Waals surface area contributed by atoms with Crippen molar-refractivity contribution in [1.29, 1.82) is 0 Å². The smallest absolute Gasteiger partial charge is 0.426 e. The van der Waals surface area contributed by atoms with Crippen molar-refractivity contribution in [2.24, 2.45) is 16.7 Å². The Bertz CT molecular complexity index is 1520. The lowest BCUT2D eigenvalue weighted by Gasteiger charge is -2.64. The number of carbonyl (C=O) groups is 1. The number of methoxy groups -OCH3 is 1. The maximum Gasteiger partial charge on any atom is 0.509 e. The van der Waals surface area contributed by atoms with Gasteiger partial charge in [-0.15, -0.1) is 134 Å². The topological polar surface area (TPSA) is 113 Å². The Hall–Kier alpha value is 11.7. The van der Waals surface area contributed by atoms with E-state index in [9.17, 15) is 15.0 Å². The second kappa shape index (κ2) is 28.2. The molecule has 0 aromatic heterocycles. The first-order valence-corrected chi connectivity index (χ1v) is 69.9. The summed E-state index contributed by atoms with van der Waals surface area (Å²) < 4.78 is 42.2. The molecular formula is C22H64O9P30. The monoisotopic (exact) mass is 1400 g/mol. The highest BCUT2D eigenvalue weighted by Gasteiger charge is 2.76. The van der Waals surface area contributed by atoms with Crippen LogP contribution < -0.4 is 0 Å². The van der Waals surface area contributed by atoms with Crippen molar-refractivity contribution in [1.82, 2.24) is 0 Å². The predicted molar refractivity (Wildman–Crippen MR) is 357 cm³/mol. The molecule has 39 heteroatoms. The summed E-state index contributed by atoms with van der Waals surface area (Å²) in [5.74, 6) is -0.862. The molecule has 21 unspecified atom stereocenters. The molecule has 1 aliphatic heterocycles. The highest BCUT2D eigenvalue weighted by Crippen LogP contribution is 3.21. The Balaban J connectivity index is 2.13. The molecule has 2 saturated carbocycles. The average molecular weight is 1400 g/mol. The fraction of sp³-hybridized carbons (Fsp3) is 0.864. The molecule has 1 heterocycles. The van der Waals surface area contributed by atoms with Crippen LogP contribution in [0.5, 0.6) is 0 Å². The number of aliphatic hydroxyl groups is 2. The zero-order chi connectivity index (χ0) is 46.5. The Morgan fingerprint density at radius 3 is 1.72 bits per heavy atom.